The lowest BCUT2D eigenvalue weighted by molar-refractivity contribution is -0.384. The highest BCUT2D eigenvalue weighted by Gasteiger charge is 2.15. The average Bonchev–Trinajstić information content (AvgIpc) is 2.54. The normalized spacial score (nSPS) is 10.5. The summed E-state index contributed by atoms with van der Waals surface area (Å²) in [5, 5.41) is 13.7. The summed E-state index contributed by atoms with van der Waals surface area (Å²) in [6.07, 6.45) is 0. The highest BCUT2D eigenvalue weighted by Crippen LogP contribution is 2.30. The number of nitro groups is 1. The van der Waals surface area contributed by atoms with Gasteiger partial charge in [-0.05, 0) is 29.8 Å². The fourth-order valence-electron chi connectivity index (χ4n) is 2.02. The second-order valence-corrected chi connectivity index (χ2v) is 4.64. The Morgan fingerprint density at radius 1 is 1.21 bits per heavy atom. The van der Waals surface area contributed by atoms with Gasteiger partial charge >= 0.3 is 6.61 Å². The maximum Gasteiger partial charge on any atom is 0.387 e. The molecule has 0 saturated heterocycles. The molecule has 24 heavy (non-hydrogen) atoms. The fraction of sp³-hybridized carbons (Fsp3) is 0.200. The van der Waals surface area contributed by atoms with Gasteiger partial charge in [-0.15, -0.1) is 0 Å². The first-order valence-electron chi connectivity index (χ1n) is 6.70. The van der Waals surface area contributed by atoms with Gasteiger partial charge in [0.1, 0.15) is 11.5 Å². The lowest BCUT2D eigenvalue weighted by atomic mass is 10.2. The van der Waals surface area contributed by atoms with Gasteiger partial charge in [0.15, 0.2) is 11.5 Å². The van der Waals surface area contributed by atoms with E-state index in [0.717, 1.165) is 12.1 Å². The monoisotopic (exact) mass is 342 g/mol. The molecule has 0 spiro atoms. The first-order chi connectivity index (χ1) is 11.4. The number of anilines is 1. The zero-order valence-electron chi connectivity index (χ0n) is 12.5. The number of benzene rings is 2. The number of nitro benzene ring substituents is 1. The third kappa shape index (κ3) is 4.28. The predicted octanol–water partition coefficient (Wildman–Crippen LogP) is 3.96. The Balaban J connectivity index is 2.16. The van der Waals surface area contributed by atoms with Gasteiger partial charge in [-0.3, -0.25) is 10.1 Å². The van der Waals surface area contributed by atoms with Crippen LogP contribution in [0, 0.1) is 15.9 Å². The number of alkyl halides is 2. The molecular weight excluding hydrogens is 329 g/mol. The van der Waals surface area contributed by atoms with Crippen molar-refractivity contribution in [2.45, 2.75) is 13.2 Å². The van der Waals surface area contributed by atoms with Crippen LogP contribution in [0.3, 0.4) is 0 Å². The van der Waals surface area contributed by atoms with E-state index in [1.165, 1.54) is 31.4 Å². The van der Waals surface area contributed by atoms with Crippen molar-refractivity contribution in [2.75, 3.05) is 12.4 Å². The molecular formula is C15H13F3N2O4. The summed E-state index contributed by atoms with van der Waals surface area (Å²) in [5.74, 6) is -0.741. The van der Waals surface area contributed by atoms with Gasteiger partial charge in [0.05, 0.1) is 18.1 Å². The van der Waals surface area contributed by atoms with Crippen LogP contribution in [0.25, 0.3) is 0 Å². The first-order valence-corrected chi connectivity index (χ1v) is 6.70. The number of nitrogens with zero attached hydrogens (tertiary/aromatic N) is 1. The molecule has 0 saturated carbocycles. The van der Waals surface area contributed by atoms with Crippen LogP contribution in [0.15, 0.2) is 36.4 Å². The Morgan fingerprint density at radius 3 is 2.58 bits per heavy atom. The Kier molecular flexibility index (Phi) is 5.46. The largest absolute Gasteiger partial charge is 0.493 e. The average molecular weight is 342 g/mol. The summed E-state index contributed by atoms with van der Waals surface area (Å²) < 4.78 is 46.9. The van der Waals surface area contributed by atoms with E-state index in [-0.39, 0.29) is 23.7 Å². The highest BCUT2D eigenvalue weighted by atomic mass is 19.3. The van der Waals surface area contributed by atoms with Gasteiger partial charge in [0.25, 0.3) is 5.69 Å². The third-order valence-corrected chi connectivity index (χ3v) is 3.08. The van der Waals surface area contributed by atoms with Gasteiger partial charge in [0, 0.05) is 6.54 Å². The SMILES string of the molecule is COc1cc(CNc2ccc(F)cc2[N+](=O)[O-])ccc1OC(F)F. The summed E-state index contributed by atoms with van der Waals surface area (Å²) in [6, 6.07) is 7.42. The summed E-state index contributed by atoms with van der Waals surface area (Å²) in [4.78, 5) is 10.2. The standard InChI is InChI=1S/C15H13F3N2O4/c1-23-14-6-9(2-5-13(14)24-15(17)18)8-19-11-4-3-10(16)7-12(11)20(21)22/h2-7,15,19H,8H2,1H3. The molecule has 128 valence electrons. The summed E-state index contributed by atoms with van der Waals surface area (Å²) in [5.41, 5.74) is 0.333. The predicted molar refractivity (Wildman–Crippen MR) is 80.0 cm³/mol. The molecule has 6 nitrogen and oxygen atoms in total. The van der Waals surface area contributed by atoms with E-state index in [9.17, 15) is 23.3 Å². The molecule has 0 aromatic heterocycles. The van der Waals surface area contributed by atoms with E-state index in [4.69, 9.17) is 4.74 Å². The number of rotatable bonds is 7. The smallest absolute Gasteiger partial charge is 0.387 e. The summed E-state index contributed by atoms with van der Waals surface area (Å²) in [7, 11) is 1.30. The van der Waals surface area contributed by atoms with Crippen LogP contribution >= 0.6 is 0 Å². The van der Waals surface area contributed by atoms with Crippen molar-refractivity contribution in [1.82, 2.24) is 0 Å². The molecule has 0 heterocycles. The second-order valence-electron chi connectivity index (χ2n) is 4.64. The Hall–Kier alpha value is -2.97. The molecule has 9 heteroatoms. The van der Waals surface area contributed by atoms with E-state index >= 15 is 0 Å². The van der Waals surface area contributed by atoms with Crippen molar-refractivity contribution in [1.29, 1.82) is 0 Å². The number of ether oxygens (including phenoxy) is 2. The van der Waals surface area contributed by atoms with Gasteiger partial charge in [0.2, 0.25) is 0 Å². The molecule has 0 aliphatic rings. The maximum absolute atomic E-state index is 13.1. The fourth-order valence-corrected chi connectivity index (χ4v) is 2.02. The van der Waals surface area contributed by atoms with Crippen molar-refractivity contribution >= 4 is 11.4 Å². The highest BCUT2D eigenvalue weighted by molar-refractivity contribution is 5.61. The van der Waals surface area contributed by atoms with Gasteiger partial charge in [-0.1, -0.05) is 6.07 Å². The Bertz CT molecular complexity index is 741. The Labute approximate surface area is 135 Å². The van der Waals surface area contributed by atoms with Crippen LogP contribution in [-0.2, 0) is 6.54 Å². The molecule has 1 N–H and O–H groups in total. The molecule has 0 unspecified atom stereocenters. The van der Waals surface area contributed by atoms with E-state index in [0.29, 0.717) is 5.56 Å². The van der Waals surface area contributed by atoms with Crippen LogP contribution < -0.4 is 14.8 Å². The molecule has 0 radical (unpaired) electrons. The zero-order chi connectivity index (χ0) is 17.7. The lowest BCUT2D eigenvalue weighted by Crippen LogP contribution is -2.06. The number of hydrogen-bond donors (Lipinski definition) is 1. The molecule has 2 rings (SSSR count). The van der Waals surface area contributed by atoms with Crippen molar-refractivity contribution in [2.24, 2.45) is 0 Å². The molecule has 2 aromatic rings. The maximum atomic E-state index is 13.1. The third-order valence-electron chi connectivity index (χ3n) is 3.08. The van der Waals surface area contributed by atoms with Crippen molar-refractivity contribution in [3.05, 3.63) is 57.9 Å². The van der Waals surface area contributed by atoms with Crippen LogP contribution in [-0.4, -0.2) is 18.6 Å². The van der Waals surface area contributed by atoms with Crippen LogP contribution in [0.2, 0.25) is 0 Å². The van der Waals surface area contributed by atoms with Crippen molar-refractivity contribution in [3.8, 4) is 11.5 Å². The zero-order valence-corrected chi connectivity index (χ0v) is 12.5. The molecule has 0 aliphatic carbocycles. The van der Waals surface area contributed by atoms with E-state index in [1.54, 1.807) is 0 Å². The van der Waals surface area contributed by atoms with Gasteiger partial charge in [-0.2, -0.15) is 8.78 Å². The first kappa shape index (κ1) is 17.4. The minimum absolute atomic E-state index is 0.100. The van der Waals surface area contributed by atoms with Crippen LogP contribution in [0.4, 0.5) is 24.5 Å². The topological polar surface area (TPSA) is 73.6 Å². The van der Waals surface area contributed by atoms with Gasteiger partial charge < -0.3 is 14.8 Å². The molecule has 0 bridgehead atoms. The molecule has 0 aliphatic heterocycles. The molecule has 0 amide bonds. The number of nitrogens with one attached hydrogen (secondary N) is 1. The van der Waals surface area contributed by atoms with E-state index in [1.807, 2.05) is 0 Å². The minimum atomic E-state index is -2.98. The minimum Gasteiger partial charge on any atom is -0.493 e. The quantitative estimate of drug-likeness (QED) is 0.609. The molecule has 0 atom stereocenters. The number of hydrogen-bond acceptors (Lipinski definition) is 5. The number of halogens is 3. The van der Waals surface area contributed by atoms with Crippen molar-refractivity contribution < 1.29 is 27.6 Å². The van der Waals surface area contributed by atoms with E-state index in [2.05, 4.69) is 10.1 Å². The van der Waals surface area contributed by atoms with Crippen molar-refractivity contribution in [3.63, 3.8) is 0 Å². The molecule has 0 fully saturated rings. The van der Waals surface area contributed by atoms with Crippen LogP contribution in [0.5, 0.6) is 11.5 Å². The lowest BCUT2D eigenvalue weighted by Gasteiger charge is -2.12. The second kappa shape index (κ2) is 7.53. The Morgan fingerprint density at radius 2 is 1.96 bits per heavy atom. The summed E-state index contributed by atoms with van der Waals surface area (Å²) >= 11 is 0. The van der Waals surface area contributed by atoms with Gasteiger partial charge in [-0.25, -0.2) is 4.39 Å². The van der Waals surface area contributed by atoms with E-state index < -0.39 is 23.0 Å². The molecule has 2 aromatic carbocycles. The number of methoxy groups -OCH3 is 1. The summed E-state index contributed by atoms with van der Waals surface area (Å²) in [6.45, 7) is -2.85. The van der Waals surface area contributed by atoms with Crippen LogP contribution in [0.1, 0.15) is 5.56 Å².